The van der Waals surface area contributed by atoms with E-state index in [1.807, 2.05) is 12.1 Å². The van der Waals surface area contributed by atoms with E-state index in [1.165, 1.54) is 40.7 Å². The summed E-state index contributed by atoms with van der Waals surface area (Å²) in [6.45, 7) is 11.7. The maximum absolute atomic E-state index is 4.03. The highest BCUT2D eigenvalue weighted by molar-refractivity contribution is 5.81. The Balaban J connectivity index is 1.66. The molecule has 0 atom stereocenters. The van der Waals surface area contributed by atoms with Gasteiger partial charge in [-0.05, 0) is 63.6 Å². The van der Waals surface area contributed by atoms with Crippen LogP contribution in [-0.4, -0.2) is 20.6 Å². The molecule has 3 aromatic rings. The first-order valence-corrected chi connectivity index (χ1v) is 9.94. The van der Waals surface area contributed by atoms with E-state index in [9.17, 15) is 0 Å². The van der Waals surface area contributed by atoms with Crippen LogP contribution in [0.4, 0.5) is 0 Å². The molecule has 2 aromatic carbocycles. The number of rotatable bonds is 3. The molecule has 28 heavy (non-hydrogen) atoms. The van der Waals surface area contributed by atoms with Crippen molar-refractivity contribution < 1.29 is 0 Å². The van der Waals surface area contributed by atoms with Gasteiger partial charge in [0.15, 0.2) is 0 Å². The van der Waals surface area contributed by atoms with Crippen molar-refractivity contribution in [3.05, 3.63) is 64.7 Å². The summed E-state index contributed by atoms with van der Waals surface area (Å²) in [6.07, 6.45) is 4.72. The number of H-pyrrole nitrogens is 1. The minimum Gasteiger partial charge on any atom is -0.177 e. The van der Waals surface area contributed by atoms with Gasteiger partial charge in [0.05, 0.1) is 0 Å². The number of aromatic amines is 1. The first kappa shape index (κ1) is 18.6. The van der Waals surface area contributed by atoms with Crippen LogP contribution in [0, 0.1) is 0 Å². The maximum atomic E-state index is 4.03. The second kappa shape index (κ2) is 6.69. The Bertz CT molecular complexity index is 1010. The van der Waals surface area contributed by atoms with E-state index in [4.69, 9.17) is 0 Å². The van der Waals surface area contributed by atoms with E-state index in [0.29, 0.717) is 5.82 Å². The van der Waals surface area contributed by atoms with Crippen molar-refractivity contribution in [2.24, 2.45) is 0 Å². The molecule has 0 aliphatic heterocycles. The molecule has 1 heterocycles. The summed E-state index contributed by atoms with van der Waals surface area (Å²) in [6, 6.07) is 15.3. The molecule has 0 bridgehead atoms. The molecule has 1 N–H and O–H groups in total. The molecule has 0 saturated carbocycles. The minimum atomic E-state index is 0.230. The van der Waals surface area contributed by atoms with Gasteiger partial charge in [-0.1, -0.05) is 76.2 Å². The molecule has 4 rings (SSSR count). The molecule has 0 fully saturated rings. The number of nitrogens with one attached hydrogen (secondary N) is 1. The molecule has 4 heteroatoms. The van der Waals surface area contributed by atoms with Gasteiger partial charge in [-0.2, -0.15) is 5.21 Å². The standard InChI is InChI=1S/C24H28N4/c1-16(14-17-6-8-18(9-7-17)22-25-27-28-26-22)19-10-11-20-21(15-19)24(4,5)13-12-23(20,2)3/h6-11,14-15H,12-13H2,1-5H3,(H,25,26,27,28). The number of hydrogen-bond donors (Lipinski definition) is 1. The molecule has 4 nitrogen and oxygen atoms in total. The van der Waals surface area contributed by atoms with Gasteiger partial charge >= 0.3 is 0 Å². The van der Waals surface area contributed by atoms with Crippen molar-refractivity contribution in [2.75, 3.05) is 0 Å². The zero-order chi connectivity index (χ0) is 19.9. The van der Waals surface area contributed by atoms with E-state index in [0.717, 1.165) is 5.56 Å². The molecule has 1 aromatic heterocycles. The lowest BCUT2D eigenvalue weighted by Gasteiger charge is -2.42. The van der Waals surface area contributed by atoms with Crippen LogP contribution in [0.5, 0.6) is 0 Å². The van der Waals surface area contributed by atoms with Crippen molar-refractivity contribution >= 4 is 11.6 Å². The van der Waals surface area contributed by atoms with Crippen LogP contribution < -0.4 is 0 Å². The third-order valence-electron chi connectivity index (χ3n) is 6.21. The number of fused-ring (bicyclic) bond motifs is 1. The van der Waals surface area contributed by atoms with Gasteiger partial charge in [0.25, 0.3) is 0 Å². The third kappa shape index (κ3) is 3.39. The molecule has 0 amide bonds. The first-order chi connectivity index (χ1) is 13.3. The lowest BCUT2D eigenvalue weighted by molar-refractivity contribution is 0.332. The fourth-order valence-electron chi connectivity index (χ4n) is 4.18. The summed E-state index contributed by atoms with van der Waals surface area (Å²) in [5, 5.41) is 14.2. The predicted octanol–water partition coefficient (Wildman–Crippen LogP) is 5.78. The van der Waals surface area contributed by atoms with Gasteiger partial charge in [0.2, 0.25) is 5.82 Å². The van der Waals surface area contributed by atoms with Crippen molar-refractivity contribution in [1.82, 2.24) is 20.6 Å². The Morgan fingerprint density at radius 1 is 0.929 bits per heavy atom. The van der Waals surface area contributed by atoms with Gasteiger partial charge in [0, 0.05) is 5.56 Å². The van der Waals surface area contributed by atoms with Crippen LogP contribution in [0.25, 0.3) is 23.0 Å². The quantitative estimate of drug-likeness (QED) is 0.593. The number of benzene rings is 2. The van der Waals surface area contributed by atoms with Crippen LogP contribution in [0.1, 0.15) is 69.7 Å². The highest BCUT2D eigenvalue weighted by atomic mass is 15.5. The van der Waals surface area contributed by atoms with Crippen LogP contribution in [0.2, 0.25) is 0 Å². The molecule has 0 spiro atoms. The Hall–Kier alpha value is -2.75. The van der Waals surface area contributed by atoms with Gasteiger partial charge in [0.1, 0.15) is 0 Å². The van der Waals surface area contributed by atoms with Crippen LogP contribution >= 0.6 is 0 Å². The third-order valence-corrected chi connectivity index (χ3v) is 6.21. The topological polar surface area (TPSA) is 54.5 Å². The first-order valence-electron chi connectivity index (χ1n) is 9.94. The lowest BCUT2D eigenvalue weighted by atomic mass is 9.63. The summed E-state index contributed by atoms with van der Waals surface area (Å²) in [4.78, 5) is 0. The molecule has 0 unspecified atom stereocenters. The van der Waals surface area contributed by atoms with Gasteiger partial charge in [-0.3, -0.25) is 0 Å². The van der Waals surface area contributed by atoms with E-state index < -0.39 is 0 Å². The fraction of sp³-hybridized carbons (Fsp3) is 0.375. The number of nitrogens with zero attached hydrogens (tertiary/aromatic N) is 3. The van der Waals surface area contributed by atoms with Crippen LogP contribution in [-0.2, 0) is 10.8 Å². The normalized spacial score (nSPS) is 18.0. The van der Waals surface area contributed by atoms with Crippen molar-refractivity contribution in [3.63, 3.8) is 0 Å². The lowest BCUT2D eigenvalue weighted by Crippen LogP contribution is -2.33. The van der Waals surface area contributed by atoms with E-state index >= 15 is 0 Å². The summed E-state index contributed by atoms with van der Waals surface area (Å²) in [5.41, 5.74) is 8.19. The Morgan fingerprint density at radius 2 is 1.61 bits per heavy atom. The van der Waals surface area contributed by atoms with E-state index in [1.54, 1.807) is 0 Å². The summed E-state index contributed by atoms with van der Waals surface area (Å²) < 4.78 is 0. The Labute approximate surface area is 167 Å². The van der Waals surface area contributed by atoms with Crippen molar-refractivity contribution in [2.45, 2.75) is 58.3 Å². The number of allylic oxidation sites excluding steroid dienone is 1. The van der Waals surface area contributed by atoms with Crippen LogP contribution in [0.3, 0.4) is 0 Å². The molecule has 0 radical (unpaired) electrons. The monoisotopic (exact) mass is 372 g/mol. The van der Waals surface area contributed by atoms with Gasteiger partial charge in [-0.15, -0.1) is 10.2 Å². The predicted molar refractivity (Wildman–Crippen MR) is 115 cm³/mol. The Morgan fingerprint density at radius 3 is 2.25 bits per heavy atom. The summed E-state index contributed by atoms with van der Waals surface area (Å²) in [5.74, 6) is 0.617. The second-order valence-corrected chi connectivity index (χ2v) is 9.21. The highest BCUT2D eigenvalue weighted by Gasteiger charge is 2.36. The minimum absolute atomic E-state index is 0.230. The van der Waals surface area contributed by atoms with E-state index in [2.05, 4.69) is 91.7 Å². The Kier molecular flexibility index (Phi) is 4.45. The fourth-order valence-corrected chi connectivity index (χ4v) is 4.18. The average Bonchev–Trinajstić information content (AvgIpc) is 3.21. The zero-order valence-electron chi connectivity index (χ0n) is 17.4. The molecule has 1 aliphatic carbocycles. The van der Waals surface area contributed by atoms with Crippen molar-refractivity contribution in [3.8, 4) is 11.4 Å². The maximum Gasteiger partial charge on any atom is 0.204 e. The molecular weight excluding hydrogens is 344 g/mol. The summed E-state index contributed by atoms with van der Waals surface area (Å²) in [7, 11) is 0. The highest BCUT2D eigenvalue weighted by Crippen LogP contribution is 2.46. The largest absolute Gasteiger partial charge is 0.204 e. The number of aromatic nitrogens is 4. The zero-order valence-corrected chi connectivity index (χ0v) is 17.4. The number of tetrazole rings is 1. The second-order valence-electron chi connectivity index (χ2n) is 9.21. The number of hydrogen-bond acceptors (Lipinski definition) is 3. The van der Waals surface area contributed by atoms with Crippen molar-refractivity contribution in [1.29, 1.82) is 0 Å². The van der Waals surface area contributed by atoms with Gasteiger partial charge < -0.3 is 0 Å². The van der Waals surface area contributed by atoms with E-state index in [-0.39, 0.29) is 10.8 Å². The van der Waals surface area contributed by atoms with Gasteiger partial charge in [-0.25, -0.2) is 0 Å². The SMILES string of the molecule is CC(=Cc1ccc(-c2nn[nH]n2)cc1)c1ccc2c(c1)C(C)(C)CCC2(C)C. The molecule has 1 aliphatic rings. The molecule has 144 valence electrons. The van der Waals surface area contributed by atoms with Crippen LogP contribution in [0.15, 0.2) is 42.5 Å². The summed E-state index contributed by atoms with van der Waals surface area (Å²) >= 11 is 0. The molecule has 0 saturated heterocycles. The average molecular weight is 373 g/mol. The molecular formula is C24H28N4. The smallest absolute Gasteiger partial charge is 0.177 e.